The number of aromatic nitrogens is 3. The Morgan fingerprint density at radius 3 is 2.62 bits per heavy atom. The van der Waals surface area contributed by atoms with Crippen LogP contribution in [-0.4, -0.2) is 29.0 Å². The van der Waals surface area contributed by atoms with E-state index in [1.54, 1.807) is 26.6 Å². The van der Waals surface area contributed by atoms with Gasteiger partial charge >= 0.3 is 0 Å². The molecule has 0 spiro atoms. The molecule has 0 aliphatic heterocycles. The predicted octanol–water partition coefficient (Wildman–Crippen LogP) is 1.06. The summed E-state index contributed by atoms with van der Waals surface area (Å²) < 4.78 is 12.3. The maximum Gasteiger partial charge on any atom is 0.212 e. The molecule has 1 unspecified atom stereocenters. The van der Waals surface area contributed by atoms with Crippen LogP contribution in [0.4, 0.5) is 0 Å². The SMILES string of the molecule is CCn1ncc(OC)c1C(Cc1ccc(OC)nc1)NN. The van der Waals surface area contributed by atoms with E-state index in [4.69, 9.17) is 15.3 Å². The first-order chi connectivity index (χ1) is 10.2. The van der Waals surface area contributed by atoms with Crippen molar-refractivity contribution in [1.29, 1.82) is 0 Å². The summed E-state index contributed by atoms with van der Waals surface area (Å²) in [6.45, 7) is 2.77. The molecule has 2 rings (SSSR count). The Kier molecular flexibility index (Phi) is 5.13. The van der Waals surface area contributed by atoms with Crippen molar-refractivity contribution in [2.75, 3.05) is 14.2 Å². The largest absolute Gasteiger partial charge is 0.493 e. The van der Waals surface area contributed by atoms with Crippen LogP contribution in [0, 0.1) is 0 Å². The molecule has 0 aliphatic carbocycles. The highest BCUT2D eigenvalue weighted by Gasteiger charge is 2.21. The van der Waals surface area contributed by atoms with Crippen LogP contribution in [0.25, 0.3) is 0 Å². The highest BCUT2D eigenvalue weighted by molar-refractivity contribution is 5.30. The van der Waals surface area contributed by atoms with E-state index in [9.17, 15) is 0 Å². The minimum atomic E-state index is -0.113. The normalized spacial score (nSPS) is 12.2. The summed E-state index contributed by atoms with van der Waals surface area (Å²) in [6.07, 6.45) is 4.16. The molecule has 0 fully saturated rings. The smallest absolute Gasteiger partial charge is 0.212 e. The van der Waals surface area contributed by atoms with Crippen molar-refractivity contribution < 1.29 is 9.47 Å². The fourth-order valence-electron chi connectivity index (χ4n) is 2.26. The van der Waals surface area contributed by atoms with Gasteiger partial charge in [-0.2, -0.15) is 5.10 Å². The third kappa shape index (κ3) is 3.32. The minimum absolute atomic E-state index is 0.113. The first kappa shape index (κ1) is 15.3. The average Bonchev–Trinajstić information content (AvgIpc) is 2.96. The van der Waals surface area contributed by atoms with Gasteiger partial charge in [-0.05, 0) is 18.9 Å². The number of aryl methyl sites for hydroxylation is 1. The summed E-state index contributed by atoms with van der Waals surface area (Å²) in [6, 6.07) is 3.68. The molecular formula is C14H21N5O2. The molecule has 7 nitrogen and oxygen atoms in total. The van der Waals surface area contributed by atoms with E-state index in [2.05, 4.69) is 15.5 Å². The van der Waals surface area contributed by atoms with Gasteiger partial charge in [-0.3, -0.25) is 16.0 Å². The Balaban J connectivity index is 2.24. The minimum Gasteiger partial charge on any atom is -0.493 e. The molecule has 0 amide bonds. The summed E-state index contributed by atoms with van der Waals surface area (Å²) in [5.41, 5.74) is 4.81. The zero-order valence-electron chi connectivity index (χ0n) is 12.5. The Morgan fingerprint density at radius 1 is 1.29 bits per heavy atom. The van der Waals surface area contributed by atoms with Gasteiger partial charge in [0.15, 0.2) is 5.75 Å². The maximum atomic E-state index is 5.72. The molecule has 2 aromatic heterocycles. The molecule has 0 bridgehead atoms. The lowest BCUT2D eigenvalue weighted by Gasteiger charge is -2.18. The van der Waals surface area contributed by atoms with Crippen LogP contribution in [0.2, 0.25) is 0 Å². The first-order valence-electron chi connectivity index (χ1n) is 6.78. The summed E-state index contributed by atoms with van der Waals surface area (Å²) in [5.74, 6) is 7.04. The number of methoxy groups -OCH3 is 2. The van der Waals surface area contributed by atoms with Gasteiger partial charge in [0, 0.05) is 18.8 Å². The van der Waals surface area contributed by atoms with Crippen LogP contribution in [0.5, 0.6) is 11.6 Å². The molecule has 114 valence electrons. The number of hydrazine groups is 1. The van der Waals surface area contributed by atoms with Crippen LogP contribution >= 0.6 is 0 Å². The summed E-state index contributed by atoms with van der Waals surface area (Å²) in [4.78, 5) is 4.21. The topological polar surface area (TPSA) is 87.2 Å². The van der Waals surface area contributed by atoms with E-state index >= 15 is 0 Å². The highest BCUT2D eigenvalue weighted by atomic mass is 16.5. The van der Waals surface area contributed by atoms with Crippen molar-refractivity contribution in [3.8, 4) is 11.6 Å². The Labute approximate surface area is 124 Å². The Morgan fingerprint density at radius 2 is 2.10 bits per heavy atom. The van der Waals surface area contributed by atoms with Crippen LogP contribution < -0.4 is 20.7 Å². The van der Waals surface area contributed by atoms with E-state index in [0.29, 0.717) is 12.3 Å². The molecule has 3 N–H and O–H groups in total. The van der Waals surface area contributed by atoms with Crippen molar-refractivity contribution >= 4 is 0 Å². The molecule has 1 atom stereocenters. The lowest BCUT2D eigenvalue weighted by atomic mass is 10.0. The predicted molar refractivity (Wildman–Crippen MR) is 79.0 cm³/mol. The third-order valence-corrected chi connectivity index (χ3v) is 3.34. The number of ether oxygens (including phenoxy) is 2. The number of rotatable bonds is 7. The van der Waals surface area contributed by atoms with Gasteiger partial charge in [0.2, 0.25) is 5.88 Å². The van der Waals surface area contributed by atoms with Gasteiger partial charge in [-0.15, -0.1) is 0 Å². The fraction of sp³-hybridized carbons (Fsp3) is 0.429. The summed E-state index contributed by atoms with van der Waals surface area (Å²) in [7, 11) is 3.22. The lowest BCUT2D eigenvalue weighted by molar-refractivity contribution is 0.390. The van der Waals surface area contributed by atoms with Crippen LogP contribution in [0.15, 0.2) is 24.5 Å². The number of hydrogen-bond acceptors (Lipinski definition) is 6. The van der Waals surface area contributed by atoms with Crippen LogP contribution in [-0.2, 0) is 13.0 Å². The highest BCUT2D eigenvalue weighted by Crippen LogP contribution is 2.27. The van der Waals surface area contributed by atoms with Gasteiger partial charge in [0.05, 0.1) is 32.2 Å². The number of nitrogens with two attached hydrogens (primary N) is 1. The van der Waals surface area contributed by atoms with Crippen LogP contribution in [0.3, 0.4) is 0 Å². The zero-order chi connectivity index (χ0) is 15.2. The lowest BCUT2D eigenvalue weighted by Crippen LogP contribution is -2.31. The molecular weight excluding hydrogens is 270 g/mol. The second-order valence-electron chi connectivity index (χ2n) is 4.55. The first-order valence-corrected chi connectivity index (χ1v) is 6.78. The van der Waals surface area contributed by atoms with Crippen molar-refractivity contribution in [3.05, 3.63) is 35.8 Å². The van der Waals surface area contributed by atoms with Gasteiger partial charge in [-0.1, -0.05) is 6.07 Å². The van der Waals surface area contributed by atoms with Crippen molar-refractivity contribution in [1.82, 2.24) is 20.2 Å². The Bertz CT molecular complexity index is 546. The van der Waals surface area contributed by atoms with Crippen LogP contribution in [0.1, 0.15) is 24.2 Å². The van der Waals surface area contributed by atoms with Gasteiger partial charge in [0.25, 0.3) is 0 Å². The molecule has 2 aromatic rings. The van der Waals surface area contributed by atoms with E-state index in [-0.39, 0.29) is 6.04 Å². The Hall–Kier alpha value is -2.12. The summed E-state index contributed by atoms with van der Waals surface area (Å²) in [5, 5.41) is 4.30. The quantitative estimate of drug-likeness (QED) is 0.586. The van der Waals surface area contributed by atoms with E-state index < -0.39 is 0 Å². The fourth-order valence-corrected chi connectivity index (χ4v) is 2.26. The molecule has 0 radical (unpaired) electrons. The number of nitrogens with one attached hydrogen (secondary N) is 1. The molecule has 0 aliphatic rings. The van der Waals surface area contributed by atoms with E-state index in [0.717, 1.165) is 23.6 Å². The third-order valence-electron chi connectivity index (χ3n) is 3.34. The average molecular weight is 291 g/mol. The van der Waals surface area contributed by atoms with Gasteiger partial charge < -0.3 is 9.47 Å². The second kappa shape index (κ2) is 7.05. The second-order valence-corrected chi connectivity index (χ2v) is 4.55. The monoisotopic (exact) mass is 291 g/mol. The number of nitrogens with zero attached hydrogens (tertiary/aromatic N) is 3. The number of hydrogen-bond donors (Lipinski definition) is 2. The molecule has 0 saturated heterocycles. The molecule has 2 heterocycles. The maximum absolute atomic E-state index is 5.72. The van der Waals surface area contributed by atoms with E-state index in [1.807, 2.05) is 23.7 Å². The molecule has 7 heteroatoms. The van der Waals surface area contributed by atoms with E-state index in [1.165, 1.54) is 0 Å². The standard InChI is InChI=1S/C14H21N5O2/c1-4-19-14(12(20-2)9-17-19)11(18-15)7-10-5-6-13(21-3)16-8-10/h5-6,8-9,11,18H,4,7,15H2,1-3H3. The van der Waals surface area contributed by atoms with Crippen molar-refractivity contribution in [3.63, 3.8) is 0 Å². The zero-order valence-corrected chi connectivity index (χ0v) is 12.5. The molecule has 0 aromatic carbocycles. The van der Waals surface area contributed by atoms with Crippen molar-refractivity contribution in [2.24, 2.45) is 5.84 Å². The van der Waals surface area contributed by atoms with Gasteiger partial charge in [-0.25, -0.2) is 4.98 Å². The number of pyridine rings is 1. The van der Waals surface area contributed by atoms with Crippen molar-refractivity contribution in [2.45, 2.75) is 25.9 Å². The van der Waals surface area contributed by atoms with Gasteiger partial charge in [0.1, 0.15) is 0 Å². The molecule has 0 saturated carbocycles. The molecule has 21 heavy (non-hydrogen) atoms. The summed E-state index contributed by atoms with van der Waals surface area (Å²) >= 11 is 0.